The third-order valence-electron chi connectivity index (χ3n) is 2.53. The second-order valence-corrected chi connectivity index (χ2v) is 4.36. The lowest BCUT2D eigenvalue weighted by Gasteiger charge is -2.13. The molecule has 0 spiro atoms. The van der Waals surface area contributed by atoms with E-state index in [1.165, 1.54) is 0 Å². The third kappa shape index (κ3) is 2.68. The van der Waals surface area contributed by atoms with Crippen LogP contribution in [0.1, 0.15) is 18.5 Å². The SMILES string of the molecule is Cc1cnc(Cl)c(NC(=O)C(C)n2cccn2)c1. The van der Waals surface area contributed by atoms with Crippen LogP contribution in [-0.2, 0) is 4.79 Å². The van der Waals surface area contributed by atoms with E-state index >= 15 is 0 Å². The van der Waals surface area contributed by atoms with Crippen molar-refractivity contribution >= 4 is 23.2 Å². The number of rotatable bonds is 3. The van der Waals surface area contributed by atoms with Crippen LogP contribution in [0, 0.1) is 6.92 Å². The molecule has 1 unspecified atom stereocenters. The van der Waals surface area contributed by atoms with Crippen LogP contribution in [0.5, 0.6) is 0 Å². The van der Waals surface area contributed by atoms with E-state index in [1.54, 1.807) is 42.3 Å². The summed E-state index contributed by atoms with van der Waals surface area (Å²) in [5.41, 5.74) is 1.45. The number of nitrogens with zero attached hydrogens (tertiary/aromatic N) is 3. The molecule has 2 heterocycles. The normalized spacial score (nSPS) is 12.2. The van der Waals surface area contributed by atoms with Gasteiger partial charge in [0, 0.05) is 18.6 Å². The van der Waals surface area contributed by atoms with Gasteiger partial charge in [-0.2, -0.15) is 5.10 Å². The van der Waals surface area contributed by atoms with Gasteiger partial charge < -0.3 is 5.32 Å². The Labute approximate surface area is 110 Å². The summed E-state index contributed by atoms with van der Waals surface area (Å²) in [6.45, 7) is 3.65. The number of carbonyl (C=O) groups is 1. The van der Waals surface area contributed by atoms with E-state index in [9.17, 15) is 4.79 Å². The zero-order chi connectivity index (χ0) is 13.1. The van der Waals surface area contributed by atoms with Crippen molar-refractivity contribution in [1.29, 1.82) is 0 Å². The van der Waals surface area contributed by atoms with Crippen LogP contribution in [0.3, 0.4) is 0 Å². The van der Waals surface area contributed by atoms with Gasteiger partial charge in [0.1, 0.15) is 6.04 Å². The Balaban J connectivity index is 2.14. The Kier molecular flexibility index (Phi) is 3.62. The molecule has 94 valence electrons. The summed E-state index contributed by atoms with van der Waals surface area (Å²) in [5, 5.41) is 7.05. The molecule has 0 saturated carbocycles. The van der Waals surface area contributed by atoms with Gasteiger partial charge in [-0.05, 0) is 31.5 Å². The van der Waals surface area contributed by atoms with Crippen molar-refractivity contribution in [3.8, 4) is 0 Å². The predicted octanol–water partition coefficient (Wildman–Crippen LogP) is 2.44. The fourth-order valence-electron chi connectivity index (χ4n) is 1.51. The summed E-state index contributed by atoms with van der Waals surface area (Å²) >= 11 is 5.92. The lowest BCUT2D eigenvalue weighted by Crippen LogP contribution is -2.24. The Hall–Kier alpha value is -1.88. The van der Waals surface area contributed by atoms with Gasteiger partial charge in [-0.25, -0.2) is 4.98 Å². The standard InChI is InChI=1S/C12H13ClN4O/c1-8-6-10(11(13)14-7-8)16-12(18)9(2)17-5-3-4-15-17/h3-7,9H,1-2H3,(H,16,18). The average Bonchev–Trinajstić information content (AvgIpc) is 2.86. The number of anilines is 1. The van der Waals surface area contributed by atoms with Gasteiger partial charge >= 0.3 is 0 Å². The minimum Gasteiger partial charge on any atom is -0.322 e. The highest BCUT2D eigenvalue weighted by molar-refractivity contribution is 6.32. The molecule has 0 bridgehead atoms. The van der Waals surface area contributed by atoms with E-state index in [4.69, 9.17) is 11.6 Å². The van der Waals surface area contributed by atoms with Crippen molar-refractivity contribution in [2.45, 2.75) is 19.9 Å². The minimum atomic E-state index is -0.406. The fraction of sp³-hybridized carbons (Fsp3) is 0.250. The second kappa shape index (κ2) is 5.18. The average molecular weight is 265 g/mol. The Morgan fingerprint density at radius 1 is 1.56 bits per heavy atom. The first-order valence-electron chi connectivity index (χ1n) is 5.50. The lowest BCUT2D eigenvalue weighted by molar-refractivity contribution is -0.119. The monoisotopic (exact) mass is 264 g/mol. The van der Waals surface area contributed by atoms with E-state index in [0.29, 0.717) is 5.69 Å². The molecule has 0 saturated heterocycles. The number of aromatic nitrogens is 3. The molecule has 0 fully saturated rings. The van der Waals surface area contributed by atoms with Crippen LogP contribution in [0.2, 0.25) is 5.15 Å². The van der Waals surface area contributed by atoms with Crippen LogP contribution in [0.25, 0.3) is 0 Å². The number of carbonyl (C=O) groups excluding carboxylic acids is 1. The van der Waals surface area contributed by atoms with Crippen molar-refractivity contribution in [2.24, 2.45) is 0 Å². The molecule has 0 aliphatic rings. The number of nitrogens with one attached hydrogen (secondary N) is 1. The quantitative estimate of drug-likeness (QED) is 0.866. The first kappa shape index (κ1) is 12.6. The Morgan fingerprint density at radius 3 is 3.00 bits per heavy atom. The number of halogens is 1. The van der Waals surface area contributed by atoms with Crippen molar-refractivity contribution < 1.29 is 4.79 Å². The maximum Gasteiger partial charge on any atom is 0.249 e. The van der Waals surface area contributed by atoms with Gasteiger partial charge in [0.2, 0.25) is 5.91 Å². The summed E-state index contributed by atoms with van der Waals surface area (Å²) in [6, 6.07) is 3.14. The molecule has 5 nitrogen and oxygen atoms in total. The van der Waals surface area contributed by atoms with Gasteiger partial charge in [0.05, 0.1) is 5.69 Å². The summed E-state index contributed by atoms with van der Waals surface area (Å²) in [5.74, 6) is -0.187. The molecular weight excluding hydrogens is 252 g/mol. The Morgan fingerprint density at radius 2 is 2.33 bits per heavy atom. The van der Waals surface area contributed by atoms with Gasteiger partial charge in [-0.3, -0.25) is 9.48 Å². The summed E-state index contributed by atoms with van der Waals surface area (Å²) in [6.07, 6.45) is 5.01. The molecule has 0 radical (unpaired) electrons. The number of pyridine rings is 1. The van der Waals surface area contributed by atoms with Crippen LogP contribution in [0.15, 0.2) is 30.7 Å². The molecule has 2 aromatic heterocycles. The fourth-order valence-corrected chi connectivity index (χ4v) is 1.66. The first-order chi connectivity index (χ1) is 8.58. The van der Waals surface area contributed by atoms with E-state index in [0.717, 1.165) is 5.56 Å². The third-order valence-corrected chi connectivity index (χ3v) is 2.84. The number of aryl methyl sites for hydroxylation is 1. The molecule has 18 heavy (non-hydrogen) atoms. The van der Waals surface area contributed by atoms with Crippen LogP contribution >= 0.6 is 11.6 Å². The highest BCUT2D eigenvalue weighted by atomic mass is 35.5. The van der Waals surface area contributed by atoms with Crippen molar-refractivity contribution in [3.63, 3.8) is 0 Å². The largest absolute Gasteiger partial charge is 0.322 e. The molecule has 2 rings (SSSR count). The molecule has 0 aromatic carbocycles. The zero-order valence-electron chi connectivity index (χ0n) is 10.1. The van der Waals surface area contributed by atoms with E-state index in [-0.39, 0.29) is 11.1 Å². The van der Waals surface area contributed by atoms with Crippen molar-refractivity contribution in [2.75, 3.05) is 5.32 Å². The maximum atomic E-state index is 12.0. The van der Waals surface area contributed by atoms with E-state index in [1.807, 2.05) is 6.92 Å². The van der Waals surface area contributed by atoms with Gasteiger partial charge in [0.25, 0.3) is 0 Å². The molecule has 1 amide bonds. The lowest BCUT2D eigenvalue weighted by atomic mass is 10.2. The number of hydrogen-bond acceptors (Lipinski definition) is 3. The number of hydrogen-bond donors (Lipinski definition) is 1. The summed E-state index contributed by atoms with van der Waals surface area (Å²) in [4.78, 5) is 16.0. The molecule has 6 heteroatoms. The number of amides is 1. The van der Waals surface area contributed by atoms with Crippen molar-refractivity contribution in [1.82, 2.24) is 14.8 Å². The zero-order valence-corrected chi connectivity index (χ0v) is 10.8. The topological polar surface area (TPSA) is 59.8 Å². The molecular formula is C12H13ClN4O. The van der Waals surface area contributed by atoms with Crippen LogP contribution < -0.4 is 5.32 Å². The molecule has 1 N–H and O–H groups in total. The molecule has 2 aromatic rings. The van der Waals surface area contributed by atoms with Gasteiger partial charge in [0.15, 0.2) is 5.15 Å². The summed E-state index contributed by atoms with van der Waals surface area (Å²) in [7, 11) is 0. The highest BCUT2D eigenvalue weighted by Gasteiger charge is 2.16. The second-order valence-electron chi connectivity index (χ2n) is 4.00. The van der Waals surface area contributed by atoms with E-state index in [2.05, 4.69) is 15.4 Å². The maximum absolute atomic E-state index is 12.0. The predicted molar refractivity (Wildman–Crippen MR) is 69.6 cm³/mol. The molecule has 1 atom stereocenters. The molecule has 0 aliphatic heterocycles. The Bertz CT molecular complexity index is 553. The highest BCUT2D eigenvalue weighted by Crippen LogP contribution is 2.21. The molecule has 0 aliphatic carbocycles. The van der Waals surface area contributed by atoms with Crippen molar-refractivity contribution in [3.05, 3.63) is 41.4 Å². The van der Waals surface area contributed by atoms with Crippen LogP contribution in [-0.4, -0.2) is 20.7 Å². The summed E-state index contributed by atoms with van der Waals surface area (Å²) < 4.78 is 1.58. The van der Waals surface area contributed by atoms with Gasteiger partial charge in [-0.1, -0.05) is 11.6 Å². The van der Waals surface area contributed by atoms with Crippen LogP contribution in [0.4, 0.5) is 5.69 Å². The van der Waals surface area contributed by atoms with E-state index < -0.39 is 6.04 Å². The minimum absolute atomic E-state index is 0.187. The smallest absolute Gasteiger partial charge is 0.249 e. The first-order valence-corrected chi connectivity index (χ1v) is 5.88. The van der Waals surface area contributed by atoms with Gasteiger partial charge in [-0.15, -0.1) is 0 Å².